The van der Waals surface area contributed by atoms with Crippen LogP contribution >= 0.6 is 27.7 Å². The molecule has 0 fully saturated rings. The maximum Gasteiger partial charge on any atom is 0.311 e. The fraction of sp³-hybridized carbons (Fsp3) is 0.118. The third-order valence-electron chi connectivity index (χ3n) is 4.07. The number of fused-ring (bicyclic) bond motifs is 3. The van der Waals surface area contributed by atoms with Gasteiger partial charge in [-0.25, -0.2) is 0 Å². The highest BCUT2D eigenvalue weighted by molar-refractivity contribution is 9.10. The van der Waals surface area contributed by atoms with Crippen LogP contribution < -0.4 is 10.1 Å². The molecule has 2 N–H and O–H groups in total. The minimum Gasteiger partial charge on any atom is -0.502 e. The first kappa shape index (κ1) is 18.4. The minimum absolute atomic E-state index is 0.254. The molecule has 0 radical (unpaired) electrons. The number of rotatable bonds is 3. The maximum absolute atomic E-state index is 11.2. The highest BCUT2D eigenvalue weighted by Crippen LogP contribution is 2.41. The lowest BCUT2D eigenvalue weighted by Gasteiger charge is -2.19. The number of aromatic nitrogens is 3. The van der Waals surface area contributed by atoms with E-state index in [1.165, 1.54) is 23.9 Å². The molecule has 1 aliphatic heterocycles. The number of hydrogen-bond acceptors (Lipinski definition) is 9. The molecule has 0 saturated carbocycles. The highest BCUT2D eigenvalue weighted by atomic mass is 79.9. The van der Waals surface area contributed by atoms with Crippen molar-refractivity contribution >= 4 is 39.1 Å². The molecule has 3 aromatic rings. The van der Waals surface area contributed by atoms with Gasteiger partial charge in [-0.1, -0.05) is 27.7 Å². The Bertz CT molecular complexity index is 1100. The Balaban J connectivity index is 1.87. The number of halogens is 1. The van der Waals surface area contributed by atoms with E-state index in [0.29, 0.717) is 22.1 Å². The van der Waals surface area contributed by atoms with E-state index in [1.54, 1.807) is 6.07 Å². The number of hydrogen-bond donors (Lipinski definition) is 2. The topological polar surface area (TPSA) is 123 Å². The third-order valence-corrected chi connectivity index (χ3v) is 5.10. The molecule has 0 aliphatic carbocycles. The Morgan fingerprint density at radius 1 is 1.29 bits per heavy atom. The molecule has 0 bridgehead atoms. The smallest absolute Gasteiger partial charge is 0.311 e. The third kappa shape index (κ3) is 3.34. The molecule has 9 nitrogen and oxygen atoms in total. The molecule has 0 saturated heterocycles. The Morgan fingerprint density at radius 2 is 2.11 bits per heavy atom. The van der Waals surface area contributed by atoms with Gasteiger partial charge in [0.1, 0.15) is 0 Å². The van der Waals surface area contributed by atoms with E-state index in [4.69, 9.17) is 4.74 Å². The minimum atomic E-state index is -0.785. The molecule has 2 aromatic carbocycles. The van der Waals surface area contributed by atoms with E-state index < -0.39 is 22.6 Å². The number of nitrogens with zero attached hydrogens (tertiary/aromatic N) is 4. The first-order valence-corrected chi connectivity index (χ1v) is 9.97. The summed E-state index contributed by atoms with van der Waals surface area (Å²) in [7, 11) is 0. The van der Waals surface area contributed by atoms with E-state index in [-0.39, 0.29) is 5.88 Å². The molecular weight excluding hydrogens is 450 g/mol. The lowest BCUT2D eigenvalue weighted by Crippen LogP contribution is -2.17. The van der Waals surface area contributed by atoms with E-state index >= 15 is 0 Å². The van der Waals surface area contributed by atoms with Crippen LogP contribution in [0.2, 0.25) is 0 Å². The number of nitrogens with one attached hydrogen (secondary N) is 1. The quantitative estimate of drug-likeness (QED) is 0.336. The van der Waals surface area contributed by atoms with Gasteiger partial charge in [0.15, 0.2) is 17.7 Å². The molecule has 1 atom stereocenters. The maximum atomic E-state index is 11.2. The van der Waals surface area contributed by atoms with E-state index in [2.05, 4.69) is 36.4 Å². The number of nitro groups is 1. The van der Waals surface area contributed by atoms with Crippen LogP contribution in [0.5, 0.6) is 11.6 Å². The number of benzene rings is 2. The highest BCUT2D eigenvalue weighted by Gasteiger charge is 2.28. The second-order valence-corrected chi connectivity index (χ2v) is 7.48. The Morgan fingerprint density at radius 3 is 2.86 bits per heavy atom. The zero-order valence-corrected chi connectivity index (χ0v) is 16.7. The van der Waals surface area contributed by atoms with Crippen molar-refractivity contribution in [2.45, 2.75) is 11.4 Å². The van der Waals surface area contributed by atoms with E-state index in [1.807, 2.05) is 24.5 Å². The van der Waals surface area contributed by atoms with Crippen molar-refractivity contribution in [1.29, 1.82) is 0 Å². The number of anilines is 1. The molecule has 1 aromatic heterocycles. The van der Waals surface area contributed by atoms with Crippen LogP contribution in [0.1, 0.15) is 11.8 Å². The lowest BCUT2D eigenvalue weighted by atomic mass is 10.1. The van der Waals surface area contributed by atoms with Gasteiger partial charge >= 0.3 is 5.69 Å². The summed E-state index contributed by atoms with van der Waals surface area (Å²) >= 11 is 4.77. The zero-order chi connectivity index (χ0) is 19.8. The summed E-state index contributed by atoms with van der Waals surface area (Å²) in [5.74, 6) is -0.162. The average molecular weight is 462 g/mol. The zero-order valence-electron chi connectivity index (χ0n) is 14.3. The predicted molar refractivity (Wildman–Crippen MR) is 106 cm³/mol. The number of phenols is 1. The second-order valence-electron chi connectivity index (χ2n) is 5.79. The van der Waals surface area contributed by atoms with E-state index in [0.717, 1.165) is 10.0 Å². The standard InChI is InChI=1S/C17H12BrN5O4S/c1-28-17-20-16-14(21-22-17)10-7-9(18)3-4-11(10)19-15(27-16)8-2-5-13(24)12(6-8)23(25)26/h2-7,15,19,24H,1H3/t15-/m0/s1. The van der Waals surface area contributed by atoms with Gasteiger partial charge in [-0.2, -0.15) is 4.98 Å². The van der Waals surface area contributed by atoms with Crippen LogP contribution in [-0.2, 0) is 0 Å². The molecule has 2 heterocycles. The van der Waals surface area contributed by atoms with Crippen LogP contribution in [0.4, 0.5) is 11.4 Å². The van der Waals surface area contributed by atoms with Crippen LogP contribution in [-0.4, -0.2) is 31.5 Å². The number of nitro benzene ring substituents is 1. The van der Waals surface area contributed by atoms with Crippen molar-refractivity contribution in [1.82, 2.24) is 15.2 Å². The summed E-state index contributed by atoms with van der Waals surface area (Å²) in [5.41, 5.74) is 1.94. The van der Waals surface area contributed by atoms with Gasteiger partial charge in [0.25, 0.3) is 0 Å². The van der Waals surface area contributed by atoms with Crippen molar-refractivity contribution in [3.63, 3.8) is 0 Å². The summed E-state index contributed by atoms with van der Waals surface area (Å²) < 4.78 is 6.87. The Hall–Kier alpha value is -2.92. The molecule has 0 amide bonds. The van der Waals surface area contributed by atoms with Crippen molar-refractivity contribution in [3.05, 3.63) is 56.5 Å². The average Bonchev–Trinajstić information content (AvgIpc) is 2.84. The molecule has 1 aliphatic rings. The Kier molecular flexibility index (Phi) is 4.77. The monoisotopic (exact) mass is 461 g/mol. The van der Waals surface area contributed by atoms with Gasteiger partial charge < -0.3 is 15.2 Å². The van der Waals surface area contributed by atoms with Gasteiger partial charge in [-0.3, -0.25) is 10.1 Å². The number of ether oxygens (including phenoxy) is 1. The van der Waals surface area contributed by atoms with Gasteiger partial charge in [0.05, 0.1) is 4.92 Å². The first-order chi connectivity index (χ1) is 13.5. The summed E-state index contributed by atoms with van der Waals surface area (Å²) in [6.45, 7) is 0. The van der Waals surface area contributed by atoms with Crippen molar-refractivity contribution in [3.8, 4) is 22.9 Å². The first-order valence-electron chi connectivity index (χ1n) is 7.95. The normalized spacial score (nSPS) is 14.9. The molecule has 28 heavy (non-hydrogen) atoms. The molecular formula is C17H12BrN5O4S. The summed E-state index contributed by atoms with van der Waals surface area (Å²) in [5, 5.41) is 32.9. The lowest BCUT2D eigenvalue weighted by molar-refractivity contribution is -0.386. The largest absolute Gasteiger partial charge is 0.502 e. The van der Waals surface area contributed by atoms with Gasteiger partial charge in [0.2, 0.25) is 11.0 Å². The number of aromatic hydroxyl groups is 1. The fourth-order valence-corrected chi connectivity index (χ4v) is 3.41. The fourth-order valence-electron chi connectivity index (χ4n) is 2.76. The molecule has 142 valence electrons. The molecule has 11 heteroatoms. The molecule has 4 rings (SSSR count). The molecule has 0 spiro atoms. The number of thioether (sulfide) groups is 1. The van der Waals surface area contributed by atoms with Crippen molar-refractivity contribution < 1.29 is 14.8 Å². The van der Waals surface area contributed by atoms with E-state index in [9.17, 15) is 15.2 Å². The van der Waals surface area contributed by atoms with Crippen molar-refractivity contribution in [2.24, 2.45) is 0 Å². The van der Waals surface area contributed by atoms with Gasteiger partial charge in [0, 0.05) is 27.4 Å². The molecule has 0 unspecified atom stereocenters. The number of phenolic OH excluding ortho intramolecular Hbond substituents is 1. The van der Waals surface area contributed by atoms with Crippen LogP contribution in [0.3, 0.4) is 0 Å². The summed E-state index contributed by atoms with van der Waals surface area (Å²) in [4.78, 5) is 14.9. The van der Waals surface area contributed by atoms with Crippen LogP contribution in [0.25, 0.3) is 11.3 Å². The predicted octanol–water partition coefficient (Wildman–Crippen LogP) is 4.14. The van der Waals surface area contributed by atoms with Crippen LogP contribution in [0.15, 0.2) is 46.0 Å². The SMILES string of the molecule is CSc1nnc2c(n1)O[C@@H](c1ccc(O)c([N+](=O)[O-])c1)Nc1ccc(Br)cc1-2. The van der Waals surface area contributed by atoms with Crippen molar-refractivity contribution in [2.75, 3.05) is 11.6 Å². The van der Waals surface area contributed by atoms with Crippen LogP contribution in [0, 0.1) is 10.1 Å². The Labute approximate surface area is 171 Å². The summed E-state index contributed by atoms with van der Waals surface area (Å²) in [6.07, 6.45) is 1.04. The van der Waals surface area contributed by atoms with Gasteiger partial charge in [-0.15, -0.1) is 10.2 Å². The van der Waals surface area contributed by atoms with Gasteiger partial charge in [-0.05, 0) is 36.6 Å². The summed E-state index contributed by atoms with van der Waals surface area (Å²) in [6, 6.07) is 9.63. The second kappa shape index (κ2) is 7.24.